The van der Waals surface area contributed by atoms with Crippen molar-refractivity contribution in [3.63, 3.8) is 0 Å². The van der Waals surface area contributed by atoms with E-state index in [4.69, 9.17) is 0 Å². The summed E-state index contributed by atoms with van der Waals surface area (Å²) in [6, 6.07) is 7.61. The molecular formula is C14H23O2P. The van der Waals surface area contributed by atoms with Gasteiger partial charge in [-0.3, -0.25) is 4.57 Å². The predicted molar refractivity (Wildman–Crippen MR) is 74.5 cm³/mol. The summed E-state index contributed by atoms with van der Waals surface area (Å²) in [4.78, 5) is 9.37. The number of hydrogen-bond acceptors (Lipinski definition) is 1. The molecule has 17 heavy (non-hydrogen) atoms. The molecule has 2 unspecified atom stereocenters. The van der Waals surface area contributed by atoms with Gasteiger partial charge in [-0.15, -0.1) is 0 Å². The minimum Gasteiger partial charge on any atom is -0.343 e. The van der Waals surface area contributed by atoms with Crippen LogP contribution in [0.1, 0.15) is 57.4 Å². The lowest BCUT2D eigenvalue weighted by Gasteiger charge is -2.17. The van der Waals surface area contributed by atoms with E-state index in [0.717, 1.165) is 18.4 Å². The Morgan fingerprint density at radius 3 is 2.53 bits per heavy atom. The summed E-state index contributed by atoms with van der Waals surface area (Å²) < 4.78 is 11.4. The average Bonchev–Trinajstić information content (AvgIpc) is 2.35. The van der Waals surface area contributed by atoms with Crippen molar-refractivity contribution in [1.82, 2.24) is 0 Å². The van der Waals surface area contributed by atoms with Gasteiger partial charge in [-0.05, 0) is 30.4 Å². The third kappa shape index (κ3) is 4.29. The van der Waals surface area contributed by atoms with E-state index in [2.05, 4.69) is 13.8 Å². The lowest BCUT2D eigenvalue weighted by Crippen LogP contribution is -2.10. The molecule has 0 aliphatic carbocycles. The first kappa shape index (κ1) is 14.5. The van der Waals surface area contributed by atoms with Gasteiger partial charge in [0.05, 0.1) is 0 Å². The number of unbranched alkanes of at least 4 members (excludes halogenated alkanes) is 2. The van der Waals surface area contributed by atoms with Gasteiger partial charge in [0.1, 0.15) is 0 Å². The highest BCUT2D eigenvalue weighted by molar-refractivity contribution is 7.47. The van der Waals surface area contributed by atoms with E-state index in [1.165, 1.54) is 19.3 Å². The maximum atomic E-state index is 11.4. The van der Waals surface area contributed by atoms with Crippen molar-refractivity contribution in [2.75, 3.05) is 0 Å². The first-order valence-electron chi connectivity index (χ1n) is 6.52. The first-order valence-corrected chi connectivity index (χ1v) is 7.88. The molecule has 2 nitrogen and oxygen atoms in total. The Balaban J connectivity index is 2.83. The first-order chi connectivity index (χ1) is 8.20. The van der Waals surface area contributed by atoms with Crippen LogP contribution >= 0.6 is 8.03 Å². The zero-order chi connectivity index (χ0) is 12.7. The molecule has 1 aromatic rings. The smallest absolute Gasteiger partial charge is 0.218 e. The zero-order valence-corrected chi connectivity index (χ0v) is 11.8. The molecule has 1 N–H and O–H groups in total. The molecule has 0 amide bonds. The topological polar surface area (TPSA) is 37.3 Å². The molecule has 1 aromatic carbocycles. The molecule has 1 rings (SSSR count). The van der Waals surface area contributed by atoms with E-state index in [-0.39, 0.29) is 0 Å². The van der Waals surface area contributed by atoms with Crippen LogP contribution in [0.25, 0.3) is 0 Å². The molecule has 0 saturated carbocycles. The summed E-state index contributed by atoms with van der Waals surface area (Å²) in [5.74, 6) is 0.429. The van der Waals surface area contributed by atoms with Crippen LogP contribution in [-0.2, 0) is 4.57 Å². The molecule has 0 radical (unpaired) electrons. The minimum absolute atomic E-state index is 0.429. The molecule has 0 fully saturated rings. The highest BCUT2D eigenvalue weighted by atomic mass is 31.1. The van der Waals surface area contributed by atoms with Gasteiger partial charge in [-0.2, -0.15) is 0 Å². The lowest BCUT2D eigenvalue weighted by atomic mass is 9.91. The van der Waals surface area contributed by atoms with Gasteiger partial charge in [0.15, 0.2) is 0 Å². The summed E-state index contributed by atoms with van der Waals surface area (Å²) in [7, 11) is -2.58. The quantitative estimate of drug-likeness (QED) is 0.592. The Kier molecular flexibility index (Phi) is 6.54. The molecule has 0 heterocycles. The average molecular weight is 254 g/mol. The highest BCUT2D eigenvalue weighted by Crippen LogP contribution is 2.28. The Morgan fingerprint density at radius 2 is 1.94 bits per heavy atom. The Morgan fingerprint density at radius 1 is 1.24 bits per heavy atom. The minimum atomic E-state index is -2.58. The van der Waals surface area contributed by atoms with Crippen LogP contribution in [0.4, 0.5) is 0 Å². The van der Waals surface area contributed by atoms with Crippen molar-refractivity contribution < 1.29 is 9.46 Å². The molecule has 96 valence electrons. The summed E-state index contributed by atoms with van der Waals surface area (Å²) >= 11 is 0. The molecule has 2 atom stereocenters. The molecule has 0 saturated heterocycles. The molecule has 0 aliphatic rings. The Hall–Kier alpha value is -0.590. The third-order valence-corrected chi connectivity index (χ3v) is 4.20. The summed E-state index contributed by atoms with van der Waals surface area (Å²) in [6.45, 7) is 4.35. The van der Waals surface area contributed by atoms with Gasteiger partial charge in [0, 0.05) is 5.30 Å². The molecular weight excluding hydrogens is 231 g/mol. The van der Waals surface area contributed by atoms with E-state index in [9.17, 15) is 9.46 Å². The van der Waals surface area contributed by atoms with Gasteiger partial charge in [0.2, 0.25) is 8.03 Å². The number of benzene rings is 1. The fourth-order valence-electron chi connectivity index (χ4n) is 2.27. The van der Waals surface area contributed by atoms with Crippen molar-refractivity contribution in [1.29, 1.82) is 0 Å². The fourth-order valence-corrected chi connectivity index (χ4v) is 3.04. The fraction of sp³-hybridized carbons (Fsp3) is 0.571. The predicted octanol–water partition coefficient (Wildman–Crippen LogP) is 3.85. The normalized spacial score (nSPS) is 14.5. The SMILES string of the molecule is CCCCCC(CC)c1ccccc1[PH](=O)O. The van der Waals surface area contributed by atoms with Crippen LogP contribution in [0.15, 0.2) is 24.3 Å². The van der Waals surface area contributed by atoms with E-state index in [1.807, 2.05) is 18.2 Å². The van der Waals surface area contributed by atoms with Crippen molar-refractivity contribution in [2.24, 2.45) is 0 Å². The van der Waals surface area contributed by atoms with Crippen LogP contribution in [0.2, 0.25) is 0 Å². The van der Waals surface area contributed by atoms with Crippen molar-refractivity contribution >= 4 is 13.3 Å². The molecule has 0 bridgehead atoms. The summed E-state index contributed by atoms with van der Waals surface area (Å²) in [6.07, 6.45) is 5.82. The standard InChI is InChI=1S/C14H23O2P/c1-3-5-6-9-12(4-2)13-10-7-8-11-14(13)17(15)16/h7-8,10-12,17H,3-6,9H2,1-2H3,(H,15,16). The monoisotopic (exact) mass is 254 g/mol. The summed E-state index contributed by atoms with van der Waals surface area (Å²) in [5.41, 5.74) is 1.08. The van der Waals surface area contributed by atoms with Crippen LogP contribution in [0.3, 0.4) is 0 Å². The van der Waals surface area contributed by atoms with Crippen molar-refractivity contribution in [3.8, 4) is 0 Å². The van der Waals surface area contributed by atoms with Crippen LogP contribution in [0.5, 0.6) is 0 Å². The second kappa shape index (κ2) is 7.68. The number of rotatable bonds is 7. The molecule has 0 spiro atoms. The van der Waals surface area contributed by atoms with Gasteiger partial charge in [-0.1, -0.05) is 51.3 Å². The lowest BCUT2D eigenvalue weighted by molar-refractivity contribution is 0.511. The Labute approximate surface area is 105 Å². The van der Waals surface area contributed by atoms with Crippen molar-refractivity contribution in [2.45, 2.75) is 51.9 Å². The van der Waals surface area contributed by atoms with Crippen LogP contribution < -0.4 is 5.30 Å². The van der Waals surface area contributed by atoms with Gasteiger partial charge in [-0.25, -0.2) is 0 Å². The molecule has 0 aliphatic heterocycles. The molecule has 3 heteroatoms. The van der Waals surface area contributed by atoms with Crippen LogP contribution in [-0.4, -0.2) is 4.89 Å². The largest absolute Gasteiger partial charge is 0.343 e. The highest BCUT2D eigenvalue weighted by Gasteiger charge is 2.15. The third-order valence-electron chi connectivity index (χ3n) is 3.28. The second-order valence-corrected chi connectivity index (χ2v) is 5.64. The molecule has 0 aromatic heterocycles. The van der Waals surface area contributed by atoms with Gasteiger partial charge < -0.3 is 4.89 Å². The van der Waals surface area contributed by atoms with E-state index in [0.29, 0.717) is 11.2 Å². The van der Waals surface area contributed by atoms with Gasteiger partial charge in [0.25, 0.3) is 0 Å². The summed E-state index contributed by atoms with van der Waals surface area (Å²) in [5, 5.41) is 0.654. The van der Waals surface area contributed by atoms with Crippen LogP contribution in [0, 0.1) is 0 Å². The van der Waals surface area contributed by atoms with Gasteiger partial charge >= 0.3 is 0 Å². The maximum Gasteiger partial charge on any atom is 0.218 e. The van der Waals surface area contributed by atoms with Crippen molar-refractivity contribution in [3.05, 3.63) is 29.8 Å². The van der Waals surface area contributed by atoms with E-state index >= 15 is 0 Å². The Bertz CT molecular complexity index is 363. The number of hydrogen-bond donors (Lipinski definition) is 1. The second-order valence-electron chi connectivity index (χ2n) is 4.49. The van der Waals surface area contributed by atoms with E-state index < -0.39 is 8.03 Å². The zero-order valence-electron chi connectivity index (χ0n) is 10.8. The maximum absolute atomic E-state index is 11.4. The van der Waals surface area contributed by atoms with E-state index in [1.54, 1.807) is 6.07 Å².